The van der Waals surface area contributed by atoms with Gasteiger partial charge in [-0.2, -0.15) is 12.2 Å². The average Bonchev–Trinajstić information content (AvgIpc) is 3.98. The predicted molar refractivity (Wildman–Crippen MR) is 208 cm³/mol. The first-order chi connectivity index (χ1) is 27.1. The summed E-state index contributed by atoms with van der Waals surface area (Å²) in [5.74, 6) is -14.4. The topological polar surface area (TPSA) is 18.5 Å². The summed E-state index contributed by atoms with van der Waals surface area (Å²) >= 11 is 0. The van der Waals surface area contributed by atoms with Gasteiger partial charge in [0, 0.05) is 0 Å². The first-order valence-corrected chi connectivity index (χ1v) is 20.3. The number of hydrogen-bond donors (Lipinski definition) is 0. The van der Waals surface area contributed by atoms with E-state index >= 15 is 0 Å². The van der Waals surface area contributed by atoms with Crippen molar-refractivity contribution in [3.8, 4) is 11.5 Å². The number of halogens is 8. The Bertz CT molecular complexity index is 1260. The molecule has 0 aromatic heterocycles. The molecule has 0 aliphatic heterocycles. The van der Waals surface area contributed by atoms with Crippen LogP contribution in [0.2, 0.25) is 0 Å². The van der Waals surface area contributed by atoms with Crippen molar-refractivity contribution in [2.45, 2.75) is 155 Å². The summed E-state index contributed by atoms with van der Waals surface area (Å²) in [6.07, 6.45) is 42.3. The van der Waals surface area contributed by atoms with Gasteiger partial charge in [0.15, 0.2) is 0 Å². The second-order valence-corrected chi connectivity index (χ2v) is 13.5. The Morgan fingerprint density at radius 3 is 0.895 bits per heavy atom. The summed E-state index contributed by atoms with van der Waals surface area (Å²) in [6.45, 7) is 4.45. The van der Waals surface area contributed by atoms with Gasteiger partial charge in [-0.3, -0.25) is 29.7 Å². The Balaban J connectivity index is 0.000000865. The van der Waals surface area contributed by atoms with Gasteiger partial charge in [-0.15, -0.1) is 25.0 Å². The van der Waals surface area contributed by atoms with Crippen molar-refractivity contribution < 1.29 is 66.3 Å². The van der Waals surface area contributed by atoms with Gasteiger partial charge in [0.1, 0.15) is 0 Å². The van der Waals surface area contributed by atoms with Crippen LogP contribution in [0, 0.1) is 70.8 Å². The molecular weight excluding hydrogens is 784 g/mol. The molecule has 0 saturated heterocycles. The molecule has 2 aromatic rings. The Morgan fingerprint density at radius 1 is 0.421 bits per heavy atom. The minimum atomic E-state index is -1.57. The molecule has 0 fully saturated rings. The van der Waals surface area contributed by atoms with E-state index in [1.807, 2.05) is 24.3 Å². The van der Waals surface area contributed by atoms with Crippen LogP contribution in [0.5, 0.6) is 11.5 Å². The molecule has 0 radical (unpaired) electrons. The van der Waals surface area contributed by atoms with Crippen molar-refractivity contribution in [2.75, 3.05) is 13.2 Å². The number of rotatable bonds is 24. The van der Waals surface area contributed by atoms with Gasteiger partial charge >= 0.3 is 21.7 Å². The summed E-state index contributed by atoms with van der Waals surface area (Å²) < 4.78 is 115. The van der Waals surface area contributed by atoms with Crippen LogP contribution in [-0.2, 0) is 21.7 Å². The van der Waals surface area contributed by atoms with E-state index in [0.29, 0.717) is 12.8 Å². The molecular formula is C46H60F8O2Ti. The quantitative estimate of drug-likeness (QED) is 0.0345. The number of unbranched alkanes of at least 4 members (excludes halogenated alkanes) is 18. The van der Waals surface area contributed by atoms with Crippen LogP contribution < -0.4 is 9.47 Å². The summed E-state index contributed by atoms with van der Waals surface area (Å²) in [6, 6.07) is 2.65. The van der Waals surface area contributed by atoms with E-state index in [1.54, 1.807) is 0 Å². The zero-order valence-electron chi connectivity index (χ0n) is 33.8. The number of benzene rings is 2. The molecule has 4 rings (SSSR count). The second kappa shape index (κ2) is 36.3. The fraction of sp³-hybridized carbons (Fsp3) is 0.565. The van der Waals surface area contributed by atoms with Crippen LogP contribution in [0.4, 0.5) is 35.1 Å². The second-order valence-electron chi connectivity index (χ2n) is 13.5. The van der Waals surface area contributed by atoms with E-state index in [2.05, 4.69) is 38.2 Å². The van der Waals surface area contributed by atoms with Crippen molar-refractivity contribution in [1.29, 1.82) is 0 Å². The third kappa shape index (κ3) is 26.0. The molecule has 0 amide bonds. The van der Waals surface area contributed by atoms with Gasteiger partial charge in [0.25, 0.3) is 0 Å². The molecule has 2 nitrogen and oxygen atoms in total. The van der Waals surface area contributed by atoms with Crippen LogP contribution in [0.3, 0.4) is 0 Å². The third-order valence-corrected chi connectivity index (χ3v) is 8.67. The van der Waals surface area contributed by atoms with Crippen LogP contribution in [0.15, 0.2) is 36.5 Å². The third-order valence-electron chi connectivity index (χ3n) is 8.67. The van der Waals surface area contributed by atoms with E-state index in [1.165, 1.54) is 89.2 Å². The molecule has 57 heavy (non-hydrogen) atoms. The van der Waals surface area contributed by atoms with Gasteiger partial charge < -0.3 is 9.47 Å². The molecule has 2 aliphatic carbocycles. The van der Waals surface area contributed by atoms with Crippen molar-refractivity contribution in [3.05, 3.63) is 107 Å². The maximum atomic E-state index is 13.3. The fourth-order valence-electron chi connectivity index (χ4n) is 5.46. The largest absolute Gasteiger partial charge is 4.00 e. The van der Waals surface area contributed by atoms with E-state index in [9.17, 15) is 35.1 Å². The first-order valence-electron chi connectivity index (χ1n) is 20.3. The Kier molecular flexibility index (Phi) is 34.4. The summed E-state index contributed by atoms with van der Waals surface area (Å²) in [5, 5.41) is 0. The zero-order chi connectivity index (χ0) is 41.2. The number of hydrogen-bond acceptors (Lipinski definition) is 2. The van der Waals surface area contributed by atoms with Gasteiger partial charge in [-0.1, -0.05) is 129 Å². The summed E-state index contributed by atoms with van der Waals surface area (Å²) in [4.78, 5) is 0. The SMILES string of the molecule is CCCCCCCCCCCCOc1c(F)c(F)[c-]c(F)c1F.CCCCCCCCCCCCOc1c(F)c(F)[c-]c(F)c1F.[C-]1=CC=CC1.[C-]1=CC=CC1.[Ti+4]. The minimum absolute atomic E-state index is 0. The van der Waals surface area contributed by atoms with Crippen molar-refractivity contribution >= 4 is 0 Å². The van der Waals surface area contributed by atoms with Crippen molar-refractivity contribution in [3.63, 3.8) is 0 Å². The van der Waals surface area contributed by atoms with Crippen molar-refractivity contribution in [2.24, 2.45) is 0 Å². The minimum Gasteiger partial charge on any atom is -0.513 e. The van der Waals surface area contributed by atoms with Crippen LogP contribution in [-0.4, -0.2) is 13.2 Å². The molecule has 2 aromatic carbocycles. The van der Waals surface area contributed by atoms with E-state index in [4.69, 9.17) is 9.47 Å². The molecule has 0 saturated carbocycles. The molecule has 11 heteroatoms. The Morgan fingerprint density at radius 2 is 0.684 bits per heavy atom. The molecule has 0 atom stereocenters. The van der Waals surface area contributed by atoms with E-state index in [0.717, 1.165) is 51.4 Å². The standard InChI is InChI=1S/2C18H25F4O.2C5H5.Ti/c2*1-2-3-4-5-6-7-8-9-10-11-12-23-18-16(21)14(19)13-15(20)17(18)22;2*1-2-4-5-3-1;/h2*2-12H2,1H3;2*1-3H,4H2;/q4*-1;+4. The smallest absolute Gasteiger partial charge is 0.513 e. The molecule has 0 N–H and O–H groups in total. The molecule has 0 heterocycles. The monoisotopic (exact) mass is 844 g/mol. The van der Waals surface area contributed by atoms with E-state index < -0.39 is 58.0 Å². The number of allylic oxidation sites excluding steroid dienone is 8. The first kappa shape index (κ1) is 54.2. The number of ether oxygens (including phenoxy) is 2. The summed E-state index contributed by atoms with van der Waals surface area (Å²) in [7, 11) is 0. The van der Waals surface area contributed by atoms with Gasteiger partial charge in [0.05, 0.1) is 71.3 Å². The predicted octanol–water partition coefficient (Wildman–Crippen LogP) is 15.3. The summed E-state index contributed by atoms with van der Waals surface area (Å²) in [5.41, 5.74) is 0. The average molecular weight is 845 g/mol. The van der Waals surface area contributed by atoms with Gasteiger partial charge in [-0.25, -0.2) is 41.9 Å². The molecule has 0 spiro atoms. The Labute approximate surface area is 352 Å². The van der Waals surface area contributed by atoms with Crippen LogP contribution >= 0.6 is 0 Å². The molecule has 0 bridgehead atoms. The van der Waals surface area contributed by atoms with Crippen molar-refractivity contribution in [1.82, 2.24) is 0 Å². The normalized spacial score (nSPS) is 12.0. The van der Waals surface area contributed by atoms with Crippen LogP contribution in [0.25, 0.3) is 0 Å². The van der Waals surface area contributed by atoms with E-state index in [-0.39, 0.29) is 34.9 Å². The molecule has 316 valence electrons. The van der Waals surface area contributed by atoms with Gasteiger partial charge in [-0.05, 0) is 12.8 Å². The molecule has 2 aliphatic rings. The fourth-order valence-corrected chi connectivity index (χ4v) is 5.46. The molecule has 0 unspecified atom stereocenters. The maximum Gasteiger partial charge on any atom is 4.00 e. The van der Waals surface area contributed by atoms with Gasteiger partial charge in [0.2, 0.25) is 0 Å². The zero-order valence-corrected chi connectivity index (χ0v) is 35.3. The van der Waals surface area contributed by atoms with Crippen LogP contribution in [0.1, 0.15) is 155 Å². The Hall–Kier alpha value is -2.85. The maximum absolute atomic E-state index is 13.3.